The first-order valence-electron chi connectivity index (χ1n) is 4.04. The molecule has 0 aliphatic rings. The molecule has 1 rings (SSSR count). The van der Waals surface area contributed by atoms with Crippen LogP contribution in [0, 0.1) is 0 Å². The molecule has 0 aliphatic heterocycles. The first-order valence-corrected chi connectivity index (χ1v) is 5.21. The molecule has 0 bridgehead atoms. The predicted octanol–water partition coefficient (Wildman–Crippen LogP) is 3.11. The Morgan fingerprint density at radius 3 is 2.71 bits per heavy atom. The molecule has 1 heterocycles. The number of nitrogens with zero attached hydrogens (tertiary/aromatic N) is 3. The standard InChI is InChI=1S/C9H11BrClN3/c1-6(14(2)3)13-9-4-8(11)7(10)5-12-9/h4-5H,1-3H3. The van der Waals surface area contributed by atoms with Crippen molar-refractivity contribution in [2.24, 2.45) is 4.99 Å². The van der Waals surface area contributed by atoms with Crippen molar-refractivity contribution in [3.05, 3.63) is 21.8 Å². The zero-order chi connectivity index (χ0) is 10.7. The molecule has 0 fully saturated rings. The Labute approximate surface area is 96.9 Å². The highest BCUT2D eigenvalue weighted by molar-refractivity contribution is 9.10. The van der Waals surface area contributed by atoms with Gasteiger partial charge in [-0.05, 0) is 22.9 Å². The van der Waals surface area contributed by atoms with Crippen molar-refractivity contribution in [1.82, 2.24) is 9.88 Å². The minimum absolute atomic E-state index is 0.615. The van der Waals surface area contributed by atoms with E-state index in [0.29, 0.717) is 10.8 Å². The molecule has 3 nitrogen and oxygen atoms in total. The number of rotatable bonds is 1. The molecule has 0 radical (unpaired) electrons. The van der Waals surface area contributed by atoms with Crippen molar-refractivity contribution in [1.29, 1.82) is 0 Å². The monoisotopic (exact) mass is 275 g/mol. The Hall–Kier alpha value is -0.610. The molecule has 0 aliphatic carbocycles. The molecule has 14 heavy (non-hydrogen) atoms. The summed E-state index contributed by atoms with van der Waals surface area (Å²) in [5, 5.41) is 0.616. The number of hydrogen-bond acceptors (Lipinski definition) is 2. The van der Waals surface area contributed by atoms with E-state index >= 15 is 0 Å². The van der Waals surface area contributed by atoms with Gasteiger partial charge in [0.1, 0.15) is 5.84 Å². The lowest BCUT2D eigenvalue weighted by Crippen LogP contribution is -2.17. The Balaban J connectivity index is 2.98. The summed E-state index contributed by atoms with van der Waals surface area (Å²) in [5.74, 6) is 1.50. The highest BCUT2D eigenvalue weighted by Crippen LogP contribution is 2.24. The SMILES string of the molecule is CC(=Nc1cc(Cl)c(Br)cn1)N(C)C. The third-order valence-corrected chi connectivity index (χ3v) is 2.89. The van der Waals surface area contributed by atoms with Gasteiger partial charge < -0.3 is 4.90 Å². The Bertz CT molecular complexity index is 363. The minimum atomic E-state index is 0.615. The molecule has 5 heteroatoms. The summed E-state index contributed by atoms with van der Waals surface area (Å²) in [6.07, 6.45) is 1.64. The van der Waals surface area contributed by atoms with E-state index in [2.05, 4.69) is 25.9 Å². The van der Waals surface area contributed by atoms with E-state index in [1.807, 2.05) is 25.9 Å². The first kappa shape index (κ1) is 11.5. The third kappa shape index (κ3) is 2.96. The molecule has 0 unspecified atom stereocenters. The lowest BCUT2D eigenvalue weighted by Gasteiger charge is -2.10. The van der Waals surface area contributed by atoms with Gasteiger partial charge in [0, 0.05) is 26.4 Å². The van der Waals surface area contributed by atoms with Crippen molar-refractivity contribution in [3.8, 4) is 0 Å². The fraction of sp³-hybridized carbons (Fsp3) is 0.333. The lowest BCUT2D eigenvalue weighted by molar-refractivity contribution is 0.618. The molecular weight excluding hydrogens is 265 g/mol. The van der Waals surface area contributed by atoms with E-state index in [1.54, 1.807) is 12.3 Å². The van der Waals surface area contributed by atoms with Gasteiger partial charge in [0.05, 0.1) is 9.50 Å². The summed E-state index contributed by atoms with van der Waals surface area (Å²) in [7, 11) is 3.86. The average molecular weight is 277 g/mol. The first-order chi connectivity index (χ1) is 6.50. The van der Waals surface area contributed by atoms with Gasteiger partial charge in [-0.3, -0.25) is 0 Å². The summed E-state index contributed by atoms with van der Waals surface area (Å²) >= 11 is 9.18. The maximum atomic E-state index is 5.91. The topological polar surface area (TPSA) is 28.5 Å². The Morgan fingerprint density at radius 1 is 1.57 bits per heavy atom. The largest absolute Gasteiger partial charge is 0.366 e. The number of halogens is 2. The van der Waals surface area contributed by atoms with Crippen LogP contribution in [0.4, 0.5) is 5.82 Å². The van der Waals surface area contributed by atoms with Crippen LogP contribution in [0.5, 0.6) is 0 Å². The second-order valence-corrected chi connectivity index (χ2v) is 4.27. The number of hydrogen-bond donors (Lipinski definition) is 0. The average Bonchev–Trinajstić information content (AvgIpc) is 2.11. The quantitative estimate of drug-likeness (QED) is 0.582. The van der Waals surface area contributed by atoms with Gasteiger partial charge in [-0.25, -0.2) is 9.98 Å². The highest BCUT2D eigenvalue weighted by atomic mass is 79.9. The van der Waals surface area contributed by atoms with Gasteiger partial charge in [0.15, 0.2) is 5.82 Å². The van der Waals surface area contributed by atoms with Crippen molar-refractivity contribution in [2.45, 2.75) is 6.92 Å². The minimum Gasteiger partial charge on any atom is -0.366 e. The summed E-state index contributed by atoms with van der Waals surface area (Å²) in [5.41, 5.74) is 0. The van der Waals surface area contributed by atoms with Crippen molar-refractivity contribution >= 4 is 39.2 Å². The van der Waals surface area contributed by atoms with E-state index in [-0.39, 0.29) is 0 Å². The van der Waals surface area contributed by atoms with E-state index < -0.39 is 0 Å². The zero-order valence-electron chi connectivity index (χ0n) is 8.25. The van der Waals surface area contributed by atoms with Crippen LogP contribution in [0.15, 0.2) is 21.7 Å². The van der Waals surface area contributed by atoms with Crippen LogP contribution < -0.4 is 0 Å². The van der Waals surface area contributed by atoms with Crippen LogP contribution in [0.2, 0.25) is 5.02 Å². The van der Waals surface area contributed by atoms with Crippen LogP contribution in [0.1, 0.15) is 6.92 Å². The van der Waals surface area contributed by atoms with E-state index in [9.17, 15) is 0 Å². The normalized spacial score (nSPS) is 11.6. The Morgan fingerprint density at radius 2 is 2.21 bits per heavy atom. The number of pyridine rings is 1. The molecule has 0 saturated carbocycles. The fourth-order valence-corrected chi connectivity index (χ4v) is 1.09. The molecule has 0 atom stereocenters. The van der Waals surface area contributed by atoms with Crippen molar-refractivity contribution in [2.75, 3.05) is 14.1 Å². The summed E-state index contributed by atoms with van der Waals surface area (Å²) < 4.78 is 0.778. The van der Waals surface area contributed by atoms with E-state index in [1.165, 1.54) is 0 Å². The number of amidine groups is 1. The number of aliphatic imine (C=N–C) groups is 1. The molecule has 1 aromatic heterocycles. The van der Waals surface area contributed by atoms with E-state index in [4.69, 9.17) is 11.6 Å². The summed E-state index contributed by atoms with van der Waals surface area (Å²) in [4.78, 5) is 10.3. The molecule has 0 N–H and O–H groups in total. The summed E-state index contributed by atoms with van der Waals surface area (Å²) in [6, 6.07) is 1.72. The van der Waals surface area contributed by atoms with Gasteiger partial charge >= 0.3 is 0 Å². The van der Waals surface area contributed by atoms with Gasteiger partial charge in [0.25, 0.3) is 0 Å². The predicted molar refractivity (Wildman–Crippen MR) is 63.4 cm³/mol. The van der Waals surface area contributed by atoms with Crippen LogP contribution in [0.25, 0.3) is 0 Å². The summed E-state index contributed by atoms with van der Waals surface area (Å²) in [6.45, 7) is 1.91. The fourth-order valence-electron chi connectivity index (χ4n) is 0.731. The van der Waals surface area contributed by atoms with Gasteiger partial charge in [-0.1, -0.05) is 11.6 Å². The van der Waals surface area contributed by atoms with Gasteiger partial charge in [-0.2, -0.15) is 0 Å². The van der Waals surface area contributed by atoms with Crippen molar-refractivity contribution < 1.29 is 0 Å². The van der Waals surface area contributed by atoms with E-state index in [0.717, 1.165) is 10.3 Å². The second-order valence-electron chi connectivity index (χ2n) is 3.01. The second kappa shape index (κ2) is 4.75. The van der Waals surface area contributed by atoms with Crippen LogP contribution in [-0.2, 0) is 0 Å². The number of aromatic nitrogens is 1. The molecule has 76 valence electrons. The molecular formula is C9H11BrClN3. The maximum absolute atomic E-state index is 5.91. The van der Waals surface area contributed by atoms with Crippen LogP contribution in [0.3, 0.4) is 0 Å². The zero-order valence-corrected chi connectivity index (χ0v) is 10.6. The lowest BCUT2D eigenvalue weighted by atomic mass is 10.4. The molecule has 0 spiro atoms. The van der Waals surface area contributed by atoms with Crippen LogP contribution in [-0.4, -0.2) is 29.8 Å². The van der Waals surface area contributed by atoms with Crippen LogP contribution >= 0.6 is 27.5 Å². The third-order valence-electron chi connectivity index (χ3n) is 1.72. The molecule has 0 saturated heterocycles. The highest BCUT2D eigenvalue weighted by Gasteiger charge is 2.00. The maximum Gasteiger partial charge on any atom is 0.155 e. The van der Waals surface area contributed by atoms with Gasteiger partial charge in [0.2, 0.25) is 0 Å². The molecule has 0 amide bonds. The molecule has 1 aromatic rings. The Kier molecular flexibility index (Phi) is 3.89. The smallest absolute Gasteiger partial charge is 0.155 e. The molecule has 0 aromatic carbocycles. The van der Waals surface area contributed by atoms with Crippen molar-refractivity contribution in [3.63, 3.8) is 0 Å². The van der Waals surface area contributed by atoms with Gasteiger partial charge in [-0.15, -0.1) is 0 Å².